The summed E-state index contributed by atoms with van der Waals surface area (Å²) in [6, 6.07) is 33.7. The Morgan fingerprint density at radius 2 is 0.586 bits per heavy atom. The molecule has 0 bridgehead atoms. The molecule has 20 heteroatoms. The van der Waals surface area contributed by atoms with Crippen molar-refractivity contribution in [1.82, 2.24) is 0 Å². The van der Waals surface area contributed by atoms with Crippen LogP contribution in [0.25, 0.3) is 0 Å². The summed E-state index contributed by atoms with van der Waals surface area (Å²) in [4.78, 5) is 0.490. The van der Waals surface area contributed by atoms with E-state index >= 15 is 0 Å². The monoisotopic (exact) mass is 892 g/mol. The minimum atomic E-state index is -6.14. The van der Waals surface area contributed by atoms with E-state index in [1.165, 1.54) is 60.7 Å². The van der Waals surface area contributed by atoms with Crippen LogP contribution in [0.2, 0.25) is 0 Å². The maximum absolute atomic E-state index is 13.5. The van der Waals surface area contributed by atoms with E-state index in [0.717, 1.165) is 60.7 Å². The van der Waals surface area contributed by atoms with Crippen LogP contribution in [0.3, 0.4) is 0 Å². The van der Waals surface area contributed by atoms with Gasteiger partial charge < -0.3 is 10.2 Å². The van der Waals surface area contributed by atoms with Crippen molar-refractivity contribution in [3.63, 3.8) is 0 Å². The van der Waals surface area contributed by atoms with E-state index in [9.17, 15) is 62.2 Å². The van der Waals surface area contributed by atoms with Gasteiger partial charge in [-0.3, -0.25) is 0 Å². The van der Waals surface area contributed by atoms with E-state index in [1.54, 1.807) is 36.4 Å². The van der Waals surface area contributed by atoms with Gasteiger partial charge in [-0.25, -0.2) is 8.78 Å². The molecule has 0 aliphatic carbocycles. The zero-order chi connectivity index (χ0) is 42.6. The molecule has 0 fully saturated rings. The molecule has 6 rings (SSSR count). The molecule has 8 nitrogen and oxygen atoms in total. The topological polar surface area (TPSA) is 127 Å². The maximum Gasteiger partial charge on any atom is 0.524 e. The van der Waals surface area contributed by atoms with E-state index in [1.807, 2.05) is 0 Å². The van der Waals surface area contributed by atoms with Gasteiger partial charge in [-0.2, -0.15) is 50.4 Å². The van der Waals surface area contributed by atoms with Crippen molar-refractivity contribution in [2.75, 3.05) is 0 Å². The lowest BCUT2D eigenvalue weighted by atomic mass is 10.3. The highest BCUT2D eigenvalue weighted by Crippen LogP contribution is 2.72. The second kappa shape index (κ2) is 17.0. The van der Waals surface area contributed by atoms with E-state index in [0.29, 0.717) is 0 Å². The first-order valence-corrected chi connectivity index (χ1v) is 22.0. The first-order valence-electron chi connectivity index (χ1n) is 16.0. The van der Waals surface area contributed by atoms with Crippen LogP contribution in [-0.2, 0) is 27.5 Å². The van der Waals surface area contributed by atoms with Gasteiger partial charge in [0, 0.05) is 29.4 Å². The van der Waals surface area contributed by atoms with Crippen LogP contribution in [0.4, 0.5) is 35.1 Å². The molecular formula is C38H28F8O8S4. The van der Waals surface area contributed by atoms with Crippen molar-refractivity contribution in [3.8, 4) is 11.5 Å². The Labute approximate surface area is 330 Å². The van der Waals surface area contributed by atoms with Crippen molar-refractivity contribution in [2.45, 2.75) is 40.4 Å². The summed E-state index contributed by atoms with van der Waals surface area (Å²) in [5, 5.41) is 19.2. The Bertz CT molecular complexity index is 2370. The second-order valence-electron chi connectivity index (χ2n) is 11.6. The quantitative estimate of drug-likeness (QED) is 0.103. The number of halogens is 8. The summed E-state index contributed by atoms with van der Waals surface area (Å²) in [5.41, 5.74) is -11.3. The molecule has 308 valence electrons. The molecule has 0 radical (unpaired) electrons. The number of phenols is 2. The Kier molecular flexibility index (Phi) is 12.9. The molecule has 0 aliphatic rings. The Hall–Kier alpha value is -5.12. The first kappa shape index (κ1) is 44.0. The Morgan fingerprint density at radius 3 is 0.828 bits per heavy atom. The fourth-order valence-electron chi connectivity index (χ4n) is 5.15. The molecule has 0 aromatic heterocycles. The molecule has 0 unspecified atom stereocenters. The van der Waals surface area contributed by atoms with Crippen LogP contribution in [0.5, 0.6) is 11.5 Å². The highest BCUT2D eigenvalue weighted by Gasteiger charge is 2.53. The van der Waals surface area contributed by atoms with Gasteiger partial charge in [0.15, 0.2) is 0 Å². The number of benzene rings is 6. The average molecular weight is 893 g/mol. The van der Waals surface area contributed by atoms with Gasteiger partial charge in [-0.05, 0) is 142 Å². The van der Waals surface area contributed by atoms with Crippen molar-refractivity contribution in [3.05, 3.63) is 169 Å². The van der Waals surface area contributed by atoms with Gasteiger partial charge in [0.05, 0.1) is 0 Å². The van der Waals surface area contributed by atoms with Crippen LogP contribution in [0.15, 0.2) is 187 Å². The Morgan fingerprint density at radius 1 is 0.362 bits per heavy atom. The third-order valence-electron chi connectivity index (χ3n) is 7.73. The standard InChI is InChI=1S/C19H13F5O4S2.C19H15F3O4S2/c20-13-1-7-16(8-2-13)29(17-9-3-14(21)4-10-17,18-11-5-15(25)6-12-18)28-30(26,27)19(22,23)24;20-19(21,22)28(24,25)26-27(16-7-3-1-4-8-16,17-9-5-2-6-10-17)18-13-11-15(23)12-14-18/h1-12,25H;1-14,23H. The van der Waals surface area contributed by atoms with E-state index in [4.69, 9.17) is 7.26 Å². The zero-order valence-electron chi connectivity index (χ0n) is 29.0. The molecule has 6 aromatic rings. The molecule has 0 amide bonds. The summed E-state index contributed by atoms with van der Waals surface area (Å²) in [7, 11) is -19.1. The largest absolute Gasteiger partial charge is 0.524 e. The summed E-state index contributed by atoms with van der Waals surface area (Å²) >= 11 is 0. The van der Waals surface area contributed by atoms with Crippen LogP contribution in [0.1, 0.15) is 0 Å². The molecule has 0 aliphatic heterocycles. The molecule has 0 saturated carbocycles. The van der Waals surface area contributed by atoms with Gasteiger partial charge in [0.2, 0.25) is 0 Å². The third kappa shape index (κ3) is 9.27. The van der Waals surface area contributed by atoms with Crippen LogP contribution >= 0.6 is 20.6 Å². The molecule has 0 saturated heterocycles. The van der Waals surface area contributed by atoms with Crippen molar-refractivity contribution >= 4 is 40.9 Å². The molecule has 0 heterocycles. The minimum Gasteiger partial charge on any atom is -0.508 e. The molecular weight excluding hydrogens is 865 g/mol. The van der Waals surface area contributed by atoms with Gasteiger partial charge >= 0.3 is 31.3 Å². The lowest BCUT2D eigenvalue weighted by molar-refractivity contribution is -0.0501. The summed E-state index contributed by atoms with van der Waals surface area (Å²) in [6.07, 6.45) is 0. The van der Waals surface area contributed by atoms with Gasteiger partial charge in [-0.15, -0.1) is 0 Å². The van der Waals surface area contributed by atoms with Crippen molar-refractivity contribution in [1.29, 1.82) is 0 Å². The lowest BCUT2D eigenvalue weighted by Crippen LogP contribution is -2.27. The Balaban J connectivity index is 0.000000221. The van der Waals surface area contributed by atoms with Crippen LogP contribution in [0, 0.1) is 11.6 Å². The summed E-state index contributed by atoms with van der Waals surface area (Å²) in [5.74, 6) is -1.77. The smallest absolute Gasteiger partial charge is 0.508 e. The zero-order valence-corrected chi connectivity index (χ0v) is 32.3. The normalized spacial score (nSPS) is 13.2. The summed E-state index contributed by atoms with van der Waals surface area (Å²) < 4.78 is 165. The number of rotatable bonds is 10. The second-order valence-corrected chi connectivity index (χ2v) is 20.5. The summed E-state index contributed by atoms with van der Waals surface area (Å²) in [6.45, 7) is 0. The van der Waals surface area contributed by atoms with Gasteiger partial charge in [-0.1, -0.05) is 36.4 Å². The molecule has 2 N–H and O–H groups in total. The molecule has 6 aromatic carbocycles. The predicted octanol–water partition coefficient (Wildman–Crippen LogP) is 11.2. The molecule has 0 atom stereocenters. The number of aromatic hydroxyl groups is 2. The SMILES string of the molecule is O=S(=O)(OS(c1ccc(O)cc1)(c1ccc(F)cc1)c1ccc(F)cc1)C(F)(F)F.O=S(=O)(OS(c1ccccc1)(c1ccccc1)c1ccc(O)cc1)C(F)(F)F. The lowest BCUT2D eigenvalue weighted by Gasteiger charge is -2.39. The van der Waals surface area contributed by atoms with Gasteiger partial charge in [0.1, 0.15) is 23.1 Å². The van der Waals surface area contributed by atoms with E-state index < -0.39 is 63.5 Å². The van der Waals surface area contributed by atoms with Crippen LogP contribution < -0.4 is 0 Å². The number of phenolic OH excluding ortho intramolecular Hbond substituents is 2. The number of hydrogen-bond donors (Lipinski definition) is 2. The molecule has 58 heavy (non-hydrogen) atoms. The van der Waals surface area contributed by atoms with Crippen molar-refractivity contribution in [2.24, 2.45) is 0 Å². The minimum absolute atomic E-state index is 0.0497. The van der Waals surface area contributed by atoms with Crippen LogP contribution in [-0.4, -0.2) is 38.1 Å². The molecule has 0 spiro atoms. The fraction of sp³-hybridized carbons (Fsp3) is 0.0526. The first-order chi connectivity index (χ1) is 27.1. The fourth-order valence-corrected chi connectivity index (χ4v) is 14.6. The maximum atomic E-state index is 13.5. The van der Waals surface area contributed by atoms with Gasteiger partial charge in [0.25, 0.3) is 0 Å². The average Bonchev–Trinajstić information content (AvgIpc) is 3.17. The van der Waals surface area contributed by atoms with E-state index in [-0.39, 0.29) is 40.9 Å². The third-order valence-corrected chi connectivity index (χ3v) is 17.5. The van der Waals surface area contributed by atoms with E-state index in [2.05, 4.69) is 0 Å². The highest BCUT2D eigenvalue weighted by atomic mass is 32.3. The highest BCUT2D eigenvalue weighted by molar-refractivity contribution is 8.33. The number of hydrogen-bond acceptors (Lipinski definition) is 8. The van der Waals surface area contributed by atoms with Crippen molar-refractivity contribution < 1.29 is 69.4 Å². The number of alkyl halides is 6. The predicted molar refractivity (Wildman–Crippen MR) is 199 cm³/mol.